The molecule has 3 N–H and O–H groups in total. The average Bonchev–Trinajstić information content (AvgIpc) is 2.04. The number of rotatable bonds is 6. The third-order valence-corrected chi connectivity index (χ3v) is 1.37. The molecule has 0 fully saturated rings. The van der Waals surface area contributed by atoms with Gasteiger partial charge in [0, 0.05) is 0 Å². The summed E-state index contributed by atoms with van der Waals surface area (Å²) in [6.45, 7) is -0.234. The van der Waals surface area contributed by atoms with Crippen molar-refractivity contribution in [2.24, 2.45) is 0 Å². The van der Waals surface area contributed by atoms with Gasteiger partial charge in [0.15, 0.2) is 0 Å². The van der Waals surface area contributed by atoms with E-state index in [0.717, 1.165) is 0 Å². The first-order chi connectivity index (χ1) is 5.20. The summed E-state index contributed by atoms with van der Waals surface area (Å²) in [7, 11) is 0. The Labute approximate surface area is 70.4 Å². The van der Waals surface area contributed by atoms with Crippen LogP contribution in [0, 0.1) is 0 Å². The van der Waals surface area contributed by atoms with Crippen LogP contribution in [-0.2, 0) is 4.74 Å². The minimum Gasteiger partial charge on any atom is -0.394 e. The Morgan fingerprint density at radius 2 is 1.73 bits per heavy atom. The Bertz CT molecular complexity index is 80.7. The maximum atomic E-state index is 8.84. The summed E-state index contributed by atoms with van der Waals surface area (Å²) in [5.41, 5.74) is 0. The minimum absolute atomic E-state index is 0.0183. The molecule has 4 nitrogen and oxygen atoms in total. The van der Waals surface area contributed by atoms with Crippen molar-refractivity contribution in [1.82, 2.24) is 0 Å². The standard InChI is InChI=1S/C6H13ClO4/c7-1-5(9)3-11-4-6(10)2-8/h5-6,8-10H,1-4H2. The highest BCUT2D eigenvalue weighted by Crippen LogP contribution is 1.90. The minimum atomic E-state index is -0.877. The topological polar surface area (TPSA) is 69.9 Å². The summed E-state index contributed by atoms with van der Waals surface area (Å²) in [5.74, 6) is 0.106. The smallest absolute Gasteiger partial charge is 0.100 e. The molecule has 0 bridgehead atoms. The maximum absolute atomic E-state index is 8.84. The molecular weight excluding hydrogens is 172 g/mol. The van der Waals surface area contributed by atoms with Crippen LogP contribution in [0.25, 0.3) is 0 Å². The highest BCUT2D eigenvalue weighted by Gasteiger charge is 2.04. The van der Waals surface area contributed by atoms with Crippen LogP contribution in [0.1, 0.15) is 0 Å². The zero-order valence-corrected chi connectivity index (χ0v) is 6.87. The van der Waals surface area contributed by atoms with Crippen LogP contribution in [-0.4, -0.2) is 53.2 Å². The third-order valence-electron chi connectivity index (χ3n) is 1.01. The van der Waals surface area contributed by atoms with Gasteiger partial charge in [-0.15, -0.1) is 11.6 Å². The summed E-state index contributed by atoms with van der Waals surface area (Å²) in [4.78, 5) is 0. The molecule has 0 spiro atoms. The lowest BCUT2D eigenvalue weighted by atomic mass is 10.4. The molecule has 0 radical (unpaired) electrons. The predicted molar refractivity (Wildman–Crippen MR) is 40.6 cm³/mol. The van der Waals surface area contributed by atoms with E-state index >= 15 is 0 Å². The summed E-state index contributed by atoms with van der Waals surface area (Å²) < 4.78 is 4.79. The first-order valence-electron chi connectivity index (χ1n) is 3.31. The van der Waals surface area contributed by atoms with E-state index in [2.05, 4.69) is 0 Å². The average molecular weight is 185 g/mol. The number of aliphatic hydroxyl groups excluding tert-OH is 3. The molecule has 2 atom stereocenters. The van der Waals surface area contributed by atoms with Gasteiger partial charge in [0.25, 0.3) is 0 Å². The summed E-state index contributed by atoms with van der Waals surface area (Å²) in [6, 6.07) is 0. The van der Waals surface area contributed by atoms with E-state index in [9.17, 15) is 0 Å². The van der Waals surface area contributed by atoms with Crippen molar-refractivity contribution in [3.05, 3.63) is 0 Å². The van der Waals surface area contributed by atoms with Gasteiger partial charge < -0.3 is 20.1 Å². The molecule has 11 heavy (non-hydrogen) atoms. The first-order valence-corrected chi connectivity index (χ1v) is 3.84. The Morgan fingerprint density at radius 1 is 1.18 bits per heavy atom. The third kappa shape index (κ3) is 6.52. The van der Waals surface area contributed by atoms with Crippen LogP contribution >= 0.6 is 11.6 Å². The molecule has 2 unspecified atom stereocenters. The fraction of sp³-hybridized carbons (Fsp3) is 1.00. The second-order valence-electron chi connectivity index (χ2n) is 2.18. The van der Waals surface area contributed by atoms with Gasteiger partial charge in [-0.05, 0) is 0 Å². The zero-order valence-electron chi connectivity index (χ0n) is 6.11. The van der Waals surface area contributed by atoms with Gasteiger partial charge >= 0.3 is 0 Å². The van der Waals surface area contributed by atoms with Crippen LogP contribution in [0.15, 0.2) is 0 Å². The second kappa shape index (κ2) is 6.82. The molecule has 0 rings (SSSR count). The van der Waals surface area contributed by atoms with Crippen molar-refractivity contribution >= 4 is 11.6 Å². The number of hydrogen-bond acceptors (Lipinski definition) is 4. The van der Waals surface area contributed by atoms with E-state index in [1.165, 1.54) is 0 Å². The van der Waals surface area contributed by atoms with Crippen LogP contribution in [0.4, 0.5) is 0 Å². The van der Waals surface area contributed by atoms with Crippen LogP contribution in [0.5, 0.6) is 0 Å². The second-order valence-corrected chi connectivity index (χ2v) is 2.49. The zero-order chi connectivity index (χ0) is 8.69. The highest BCUT2D eigenvalue weighted by molar-refractivity contribution is 6.18. The van der Waals surface area contributed by atoms with Crippen molar-refractivity contribution in [2.45, 2.75) is 12.2 Å². The van der Waals surface area contributed by atoms with E-state index in [4.69, 9.17) is 31.7 Å². The fourth-order valence-corrected chi connectivity index (χ4v) is 0.526. The Balaban J connectivity index is 3.13. The molecule has 0 aliphatic rings. The maximum Gasteiger partial charge on any atom is 0.100 e. The lowest BCUT2D eigenvalue weighted by Gasteiger charge is -2.10. The molecule has 0 aliphatic heterocycles. The number of halogens is 1. The quantitative estimate of drug-likeness (QED) is 0.461. The lowest BCUT2D eigenvalue weighted by Crippen LogP contribution is -2.24. The van der Waals surface area contributed by atoms with Gasteiger partial charge in [-0.3, -0.25) is 0 Å². The normalized spacial score (nSPS) is 16.4. The highest BCUT2D eigenvalue weighted by atomic mass is 35.5. The molecule has 0 saturated carbocycles. The molecule has 5 heteroatoms. The molecule has 0 saturated heterocycles. The molecule has 0 aromatic heterocycles. The first kappa shape index (κ1) is 11.1. The van der Waals surface area contributed by atoms with Gasteiger partial charge in [-0.1, -0.05) is 0 Å². The number of alkyl halides is 1. The van der Waals surface area contributed by atoms with E-state index in [0.29, 0.717) is 0 Å². The largest absolute Gasteiger partial charge is 0.394 e. The molecule has 0 aromatic rings. The molecule has 0 aromatic carbocycles. The molecule has 0 amide bonds. The number of hydrogen-bond donors (Lipinski definition) is 3. The summed E-state index contributed by atoms with van der Waals surface area (Å²) in [6.07, 6.45) is -1.58. The predicted octanol–water partition coefficient (Wildman–Crippen LogP) is -1.04. The fourth-order valence-electron chi connectivity index (χ4n) is 0.437. The van der Waals surface area contributed by atoms with Crippen LogP contribution < -0.4 is 0 Å². The van der Waals surface area contributed by atoms with E-state index in [1.807, 2.05) is 0 Å². The number of aliphatic hydroxyl groups is 3. The van der Waals surface area contributed by atoms with E-state index in [-0.39, 0.29) is 25.7 Å². The van der Waals surface area contributed by atoms with E-state index in [1.54, 1.807) is 0 Å². The molecular formula is C6H13ClO4. The van der Waals surface area contributed by atoms with Crippen molar-refractivity contribution in [2.75, 3.05) is 25.7 Å². The van der Waals surface area contributed by atoms with Gasteiger partial charge in [0.1, 0.15) is 6.10 Å². The lowest BCUT2D eigenvalue weighted by molar-refractivity contribution is -0.0194. The Hall–Kier alpha value is 0.130. The van der Waals surface area contributed by atoms with Gasteiger partial charge in [-0.2, -0.15) is 0 Å². The number of ether oxygens (including phenoxy) is 1. The van der Waals surface area contributed by atoms with Crippen molar-refractivity contribution < 1.29 is 20.1 Å². The molecule has 0 heterocycles. The van der Waals surface area contributed by atoms with Crippen LogP contribution in [0.3, 0.4) is 0 Å². The van der Waals surface area contributed by atoms with Gasteiger partial charge in [0.05, 0.1) is 31.8 Å². The van der Waals surface area contributed by atoms with Gasteiger partial charge in [0.2, 0.25) is 0 Å². The summed E-state index contributed by atoms with van der Waals surface area (Å²) >= 11 is 5.26. The van der Waals surface area contributed by atoms with Crippen molar-refractivity contribution in [3.63, 3.8) is 0 Å². The molecule has 0 aliphatic carbocycles. The van der Waals surface area contributed by atoms with Crippen molar-refractivity contribution in [3.8, 4) is 0 Å². The molecule has 68 valence electrons. The monoisotopic (exact) mass is 184 g/mol. The summed E-state index contributed by atoms with van der Waals surface area (Å²) in [5, 5.41) is 25.9. The SMILES string of the molecule is OCC(O)COCC(O)CCl. The Morgan fingerprint density at radius 3 is 2.18 bits per heavy atom. The van der Waals surface area contributed by atoms with E-state index < -0.39 is 12.2 Å². The Kier molecular flexibility index (Phi) is 6.90. The van der Waals surface area contributed by atoms with Crippen LogP contribution in [0.2, 0.25) is 0 Å². The van der Waals surface area contributed by atoms with Crippen molar-refractivity contribution in [1.29, 1.82) is 0 Å². The van der Waals surface area contributed by atoms with Gasteiger partial charge in [-0.25, -0.2) is 0 Å².